The molecule has 10 nitrogen and oxygen atoms in total. The molecule has 0 bridgehead atoms. The van der Waals surface area contributed by atoms with Crippen molar-refractivity contribution in [3.8, 4) is 11.8 Å². The van der Waals surface area contributed by atoms with E-state index in [0.717, 1.165) is 53.0 Å². The molecule has 5 rings (SSSR count). The van der Waals surface area contributed by atoms with Crippen LogP contribution in [0.5, 0.6) is 11.8 Å². The molecule has 1 atom stereocenters. The molecule has 1 N–H and O–H groups in total. The SMILES string of the molecule is C[C@H]1c2nc(OCCN(C)C)nc(N3CCN(C(=O)OC(C)(C)C)CC3)c2CCN1c1cc(O)cc2ccccc12. The predicted molar refractivity (Wildman–Crippen MR) is 161 cm³/mol. The maximum atomic E-state index is 12.7. The van der Waals surface area contributed by atoms with Gasteiger partial charge in [-0.3, -0.25) is 0 Å². The monoisotopic (exact) mass is 562 g/mol. The fourth-order valence-corrected chi connectivity index (χ4v) is 5.54. The van der Waals surface area contributed by atoms with Gasteiger partial charge in [0.1, 0.15) is 23.8 Å². The van der Waals surface area contributed by atoms with Crippen LogP contribution in [0, 0.1) is 0 Å². The molecule has 1 fully saturated rings. The van der Waals surface area contributed by atoms with Crippen LogP contribution in [0.1, 0.15) is 45.0 Å². The largest absolute Gasteiger partial charge is 0.508 e. The summed E-state index contributed by atoms with van der Waals surface area (Å²) in [6.07, 6.45) is 0.473. The van der Waals surface area contributed by atoms with Gasteiger partial charge >= 0.3 is 12.1 Å². The minimum absolute atomic E-state index is 0.0649. The Kier molecular flexibility index (Phi) is 8.13. The normalized spacial score (nSPS) is 17.6. The Morgan fingerprint density at radius 2 is 1.80 bits per heavy atom. The standard InChI is InChI=1S/C31H42N6O4/c1-21-27-25(11-12-37(21)26-20-23(38)19-22-9-7-8-10-24(22)26)28(33-29(32-27)40-18-17-34(5)6)35-13-15-36(16-14-35)30(39)41-31(2,3)4/h7-10,19-21,38H,11-18H2,1-6H3/t21-/m0/s1. The molecule has 10 heteroatoms. The first kappa shape index (κ1) is 28.7. The number of ether oxygens (including phenoxy) is 2. The van der Waals surface area contributed by atoms with E-state index in [0.29, 0.717) is 38.8 Å². The molecule has 1 saturated heterocycles. The molecule has 0 unspecified atom stereocenters. The van der Waals surface area contributed by atoms with Crippen LogP contribution in [-0.2, 0) is 11.2 Å². The highest BCUT2D eigenvalue weighted by atomic mass is 16.6. The van der Waals surface area contributed by atoms with Crippen LogP contribution in [-0.4, -0.2) is 96.5 Å². The van der Waals surface area contributed by atoms with Crippen molar-refractivity contribution < 1.29 is 19.4 Å². The van der Waals surface area contributed by atoms with E-state index in [2.05, 4.69) is 27.7 Å². The number of aromatic nitrogens is 2. The third-order valence-electron chi connectivity index (χ3n) is 7.60. The summed E-state index contributed by atoms with van der Waals surface area (Å²) in [5.74, 6) is 1.13. The van der Waals surface area contributed by atoms with Crippen LogP contribution in [0.3, 0.4) is 0 Å². The van der Waals surface area contributed by atoms with E-state index < -0.39 is 5.60 Å². The summed E-state index contributed by atoms with van der Waals surface area (Å²) in [6.45, 7) is 12.2. The number of anilines is 2. The highest BCUT2D eigenvalue weighted by molar-refractivity contribution is 5.96. The third kappa shape index (κ3) is 6.43. The Labute approximate surface area is 242 Å². The molecule has 3 heterocycles. The summed E-state index contributed by atoms with van der Waals surface area (Å²) in [4.78, 5) is 30.9. The lowest BCUT2D eigenvalue weighted by Gasteiger charge is -2.40. The molecular formula is C31H42N6O4. The van der Waals surface area contributed by atoms with Crippen molar-refractivity contribution >= 4 is 28.4 Å². The average molecular weight is 563 g/mol. The number of hydrogen-bond acceptors (Lipinski definition) is 9. The maximum absolute atomic E-state index is 12.7. The van der Waals surface area contributed by atoms with Crippen molar-refractivity contribution in [1.29, 1.82) is 0 Å². The van der Waals surface area contributed by atoms with Crippen LogP contribution in [0.15, 0.2) is 36.4 Å². The zero-order chi connectivity index (χ0) is 29.3. The first-order valence-corrected chi connectivity index (χ1v) is 14.4. The Balaban J connectivity index is 1.45. The Hall–Kier alpha value is -3.79. The lowest BCUT2D eigenvalue weighted by molar-refractivity contribution is 0.0240. The van der Waals surface area contributed by atoms with Crippen LogP contribution in [0.4, 0.5) is 16.3 Å². The number of piperazine rings is 1. The van der Waals surface area contributed by atoms with Gasteiger partial charge in [0.05, 0.1) is 11.7 Å². The second kappa shape index (κ2) is 11.6. The number of likely N-dealkylation sites (N-methyl/N-ethyl adjacent to an activating group) is 1. The summed E-state index contributed by atoms with van der Waals surface area (Å²) >= 11 is 0. The van der Waals surface area contributed by atoms with E-state index in [1.54, 1.807) is 11.0 Å². The summed E-state index contributed by atoms with van der Waals surface area (Å²) in [5.41, 5.74) is 2.51. The number of nitrogens with zero attached hydrogens (tertiary/aromatic N) is 6. The predicted octanol–water partition coefficient (Wildman–Crippen LogP) is 4.46. The van der Waals surface area contributed by atoms with Crippen LogP contribution >= 0.6 is 0 Å². The number of phenolic OH excluding ortho intramolecular Hbond substituents is 1. The lowest BCUT2D eigenvalue weighted by atomic mass is 9.96. The van der Waals surface area contributed by atoms with E-state index in [9.17, 15) is 9.90 Å². The molecule has 0 radical (unpaired) electrons. The van der Waals surface area contributed by atoms with Crippen molar-refractivity contribution in [2.75, 3.05) is 69.8 Å². The molecule has 2 aliphatic rings. The Morgan fingerprint density at radius 3 is 2.51 bits per heavy atom. The number of aromatic hydroxyl groups is 1. The Bertz CT molecular complexity index is 1400. The molecule has 0 saturated carbocycles. The highest BCUT2D eigenvalue weighted by Gasteiger charge is 2.33. The quantitative estimate of drug-likeness (QED) is 0.467. The lowest BCUT2D eigenvalue weighted by Crippen LogP contribution is -2.50. The number of rotatable bonds is 6. The van der Waals surface area contributed by atoms with E-state index >= 15 is 0 Å². The molecule has 1 amide bonds. The molecule has 2 aliphatic heterocycles. The summed E-state index contributed by atoms with van der Waals surface area (Å²) in [7, 11) is 4.01. The fourth-order valence-electron chi connectivity index (χ4n) is 5.54. The molecule has 2 aromatic carbocycles. The molecule has 41 heavy (non-hydrogen) atoms. The van der Waals surface area contributed by atoms with Crippen molar-refractivity contribution in [3.63, 3.8) is 0 Å². The van der Waals surface area contributed by atoms with Gasteiger partial charge in [0.15, 0.2) is 0 Å². The minimum atomic E-state index is -0.526. The van der Waals surface area contributed by atoms with Gasteiger partial charge in [0.25, 0.3) is 0 Å². The van der Waals surface area contributed by atoms with Gasteiger partial charge in [-0.25, -0.2) is 4.79 Å². The van der Waals surface area contributed by atoms with E-state index in [1.807, 2.05) is 59.1 Å². The van der Waals surface area contributed by atoms with Gasteiger partial charge in [-0.15, -0.1) is 0 Å². The van der Waals surface area contributed by atoms with Crippen molar-refractivity contribution in [2.24, 2.45) is 0 Å². The molecule has 1 aromatic heterocycles. The third-order valence-corrected chi connectivity index (χ3v) is 7.60. The second-order valence-electron chi connectivity index (χ2n) is 12.1. The van der Waals surface area contributed by atoms with Gasteiger partial charge < -0.3 is 34.2 Å². The van der Waals surface area contributed by atoms with Gasteiger partial charge in [-0.05, 0) is 59.7 Å². The summed E-state index contributed by atoms with van der Waals surface area (Å²) in [5, 5.41) is 12.6. The maximum Gasteiger partial charge on any atom is 0.410 e. The Morgan fingerprint density at radius 1 is 1.07 bits per heavy atom. The van der Waals surface area contributed by atoms with Gasteiger partial charge in [0, 0.05) is 62.0 Å². The second-order valence-corrected chi connectivity index (χ2v) is 12.1. The number of fused-ring (bicyclic) bond motifs is 2. The number of hydrogen-bond donors (Lipinski definition) is 1. The van der Waals surface area contributed by atoms with Crippen LogP contribution in [0.2, 0.25) is 0 Å². The van der Waals surface area contributed by atoms with E-state index in [-0.39, 0.29) is 17.9 Å². The van der Waals surface area contributed by atoms with Gasteiger partial charge in [-0.2, -0.15) is 9.97 Å². The zero-order valence-corrected chi connectivity index (χ0v) is 25.1. The van der Waals surface area contributed by atoms with Crippen LogP contribution < -0.4 is 14.5 Å². The first-order valence-electron chi connectivity index (χ1n) is 14.4. The summed E-state index contributed by atoms with van der Waals surface area (Å²) < 4.78 is 11.7. The van der Waals surface area contributed by atoms with Crippen molar-refractivity contribution in [2.45, 2.75) is 45.8 Å². The number of carbonyl (C=O) groups excluding carboxylic acids is 1. The number of amides is 1. The smallest absolute Gasteiger partial charge is 0.410 e. The number of benzene rings is 2. The minimum Gasteiger partial charge on any atom is -0.508 e. The first-order chi connectivity index (χ1) is 19.5. The molecule has 0 aliphatic carbocycles. The highest BCUT2D eigenvalue weighted by Crippen LogP contribution is 2.41. The molecule has 0 spiro atoms. The fraction of sp³-hybridized carbons (Fsp3) is 0.516. The average Bonchev–Trinajstić information content (AvgIpc) is 2.92. The van der Waals surface area contributed by atoms with E-state index in [1.165, 1.54) is 0 Å². The number of phenols is 1. The van der Waals surface area contributed by atoms with Crippen molar-refractivity contribution in [3.05, 3.63) is 47.7 Å². The van der Waals surface area contributed by atoms with Crippen molar-refractivity contribution in [1.82, 2.24) is 19.8 Å². The van der Waals surface area contributed by atoms with E-state index in [4.69, 9.17) is 19.4 Å². The molecule has 220 valence electrons. The van der Waals surface area contributed by atoms with Crippen LogP contribution in [0.25, 0.3) is 10.8 Å². The summed E-state index contributed by atoms with van der Waals surface area (Å²) in [6, 6.07) is 12.1. The number of carbonyl (C=O) groups is 1. The van der Waals surface area contributed by atoms with Gasteiger partial charge in [0.2, 0.25) is 0 Å². The van der Waals surface area contributed by atoms with Gasteiger partial charge in [-0.1, -0.05) is 24.3 Å². The topological polar surface area (TPSA) is 94.5 Å². The molecular weight excluding hydrogens is 520 g/mol. The molecule has 3 aromatic rings. The zero-order valence-electron chi connectivity index (χ0n) is 25.1.